The third-order valence-corrected chi connectivity index (χ3v) is 6.21. The SMILES string of the molecule is CCN(CC)S(=O)(=O)c1ccc(C)c(C(=O)Nc2cc(C)ccc2F)c1. The van der Waals surface area contributed by atoms with Crippen LogP contribution in [0.1, 0.15) is 35.3 Å². The van der Waals surface area contributed by atoms with Gasteiger partial charge in [0.25, 0.3) is 5.91 Å². The molecule has 0 saturated carbocycles. The van der Waals surface area contributed by atoms with Crippen LogP contribution < -0.4 is 5.32 Å². The van der Waals surface area contributed by atoms with E-state index in [1.54, 1.807) is 39.8 Å². The molecule has 0 spiro atoms. The van der Waals surface area contributed by atoms with E-state index in [1.807, 2.05) is 0 Å². The smallest absolute Gasteiger partial charge is 0.256 e. The average molecular weight is 378 g/mol. The number of aryl methyl sites for hydroxylation is 2. The van der Waals surface area contributed by atoms with Crippen LogP contribution in [0, 0.1) is 19.7 Å². The number of amides is 1. The van der Waals surface area contributed by atoms with Crippen molar-refractivity contribution in [3.05, 3.63) is 58.9 Å². The molecular weight excluding hydrogens is 355 g/mol. The number of carbonyl (C=O) groups excluding carboxylic acids is 1. The van der Waals surface area contributed by atoms with Crippen molar-refractivity contribution in [3.8, 4) is 0 Å². The second kappa shape index (κ2) is 7.97. The number of nitrogens with one attached hydrogen (secondary N) is 1. The van der Waals surface area contributed by atoms with Gasteiger partial charge in [-0.1, -0.05) is 26.0 Å². The molecule has 5 nitrogen and oxygen atoms in total. The second-order valence-corrected chi connectivity index (χ2v) is 7.94. The van der Waals surface area contributed by atoms with E-state index in [1.165, 1.54) is 28.6 Å². The van der Waals surface area contributed by atoms with Gasteiger partial charge in [-0.15, -0.1) is 0 Å². The Morgan fingerprint density at radius 2 is 1.73 bits per heavy atom. The van der Waals surface area contributed by atoms with Gasteiger partial charge in [0, 0.05) is 18.7 Å². The van der Waals surface area contributed by atoms with Gasteiger partial charge in [0.1, 0.15) is 5.82 Å². The fourth-order valence-electron chi connectivity index (χ4n) is 2.64. The van der Waals surface area contributed by atoms with Gasteiger partial charge in [0.05, 0.1) is 10.6 Å². The zero-order chi connectivity index (χ0) is 19.5. The Morgan fingerprint density at radius 1 is 1.08 bits per heavy atom. The summed E-state index contributed by atoms with van der Waals surface area (Å²) in [6, 6.07) is 8.81. The normalized spacial score (nSPS) is 11.6. The minimum atomic E-state index is -3.68. The number of benzene rings is 2. The van der Waals surface area contributed by atoms with Gasteiger partial charge < -0.3 is 5.32 Å². The molecule has 2 rings (SSSR count). The molecule has 0 bridgehead atoms. The molecule has 0 aliphatic carbocycles. The molecule has 0 heterocycles. The van der Waals surface area contributed by atoms with Crippen molar-refractivity contribution < 1.29 is 17.6 Å². The molecule has 0 fully saturated rings. The standard InChI is InChI=1S/C19H23FN2O3S/c1-5-22(6-2)26(24,25)15-9-8-14(4)16(12-15)19(23)21-18-11-13(3)7-10-17(18)20/h7-12H,5-6H2,1-4H3,(H,21,23). The highest BCUT2D eigenvalue weighted by Crippen LogP contribution is 2.22. The van der Waals surface area contributed by atoms with Crippen LogP contribution in [0.4, 0.5) is 10.1 Å². The van der Waals surface area contributed by atoms with Gasteiger partial charge in [-0.05, 0) is 49.2 Å². The van der Waals surface area contributed by atoms with Crippen molar-refractivity contribution in [2.24, 2.45) is 0 Å². The van der Waals surface area contributed by atoms with Crippen molar-refractivity contribution in [3.63, 3.8) is 0 Å². The van der Waals surface area contributed by atoms with E-state index in [4.69, 9.17) is 0 Å². The largest absolute Gasteiger partial charge is 0.319 e. The lowest BCUT2D eigenvalue weighted by Crippen LogP contribution is -2.30. The molecule has 0 aliphatic rings. The summed E-state index contributed by atoms with van der Waals surface area (Å²) >= 11 is 0. The predicted molar refractivity (Wildman–Crippen MR) is 100 cm³/mol. The lowest BCUT2D eigenvalue weighted by molar-refractivity contribution is 0.102. The van der Waals surface area contributed by atoms with Gasteiger partial charge in [0.2, 0.25) is 10.0 Å². The van der Waals surface area contributed by atoms with Crippen molar-refractivity contribution in [1.82, 2.24) is 4.31 Å². The van der Waals surface area contributed by atoms with Crippen LogP contribution in [0.5, 0.6) is 0 Å². The number of carbonyl (C=O) groups is 1. The van der Waals surface area contributed by atoms with Gasteiger partial charge in [0.15, 0.2) is 0 Å². The molecule has 140 valence electrons. The lowest BCUT2D eigenvalue weighted by atomic mass is 10.1. The van der Waals surface area contributed by atoms with Crippen molar-refractivity contribution in [1.29, 1.82) is 0 Å². The number of hydrogen-bond donors (Lipinski definition) is 1. The van der Waals surface area contributed by atoms with E-state index in [-0.39, 0.29) is 16.1 Å². The Hall–Kier alpha value is -2.25. The van der Waals surface area contributed by atoms with Crippen LogP contribution in [-0.2, 0) is 10.0 Å². The van der Waals surface area contributed by atoms with Crippen LogP contribution in [-0.4, -0.2) is 31.7 Å². The molecular formula is C19H23FN2O3S. The number of sulfonamides is 1. The summed E-state index contributed by atoms with van der Waals surface area (Å²) in [6.45, 7) is 7.67. The first-order valence-corrected chi connectivity index (χ1v) is 9.83. The average Bonchev–Trinajstić information content (AvgIpc) is 2.59. The fourth-order valence-corrected chi connectivity index (χ4v) is 4.13. The maximum Gasteiger partial charge on any atom is 0.256 e. The Morgan fingerprint density at radius 3 is 2.35 bits per heavy atom. The van der Waals surface area contributed by atoms with Crippen LogP contribution in [0.25, 0.3) is 0 Å². The van der Waals surface area contributed by atoms with E-state index in [9.17, 15) is 17.6 Å². The lowest BCUT2D eigenvalue weighted by Gasteiger charge is -2.19. The third-order valence-electron chi connectivity index (χ3n) is 4.17. The Labute approximate surface area is 153 Å². The number of hydrogen-bond acceptors (Lipinski definition) is 3. The highest BCUT2D eigenvalue weighted by atomic mass is 32.2. The quantitative estimate of drug-likeness (QED) is 0.833. The van der Waals surface area contributed by atoms with E-state index in [2.05, 4.69) is 5.32 Å². The molecule has 2 aromatic carbocycles. The van der Waals surface area contributed by atoms with Gasteiger partial charge in [-0.25, -0.2) is 12.8 Å². The molecule has 7 heteroatoms. The molecule has 0 aromatic heterocycles. The summed E-state index contributed by atoms with van der Waals surface area (Å²) in [7, 11) is -3.68. The van der Waals surface area contributed by atoms with Gasteiger partial charge >= 0.3 is 0 Å². The van der Waals surface area contributed by atoms with E-state index < -0.39 is 21.7 Å². The third kappa shape index (κ3) is 4.11. The molecule has 1 amide bonds. The van der Waals surface area contributed by atoms with Crippen molar-refractivity contribution >= 4 is 21.6 Å². The predicted octanol–water partition coefficient (Wildman–Crippen LogP) is 3.73. The van der Waals surface area contributed by atoms with Crippen LogP contribution >= 0.6 is 0 Å². The fraction of sp³-hybridized carbons (Fsp3) is 0.316. The second-order valence-electron chi connectivity index (χ2n) is 6.00. The van der Waals surface area contributed by atoms with Crippen molar-refractivity contribution in [2.45, 2.75) is 32.6 Å². The molecule has 26 heavy (non-hydrogen) atoms. The molecule has 1 N–H and O–H groups in total. The molecule has 0 aliphatic heterocycles. The summed E-state index contributed by atoms with van der Waals surface area (Å²) in [5.74, 6) is -1.10. The molecule has 0 saturated heterocycles. The van der Waals surface area contributed by atoms with Gasteiger partial charge in [-0.2, -0.15) is 4.31 Å². The maximum absolute atomic E-state index is 13.9. The Kier molecular flexibility index (Phi) is 6.15. The molecule has 0 unspecified atom stereocenters. The number of halogens is 1. The highest BCUT2D eigenvalue weighted by Gasteiger charge is 2.23. The first-order chi connectivity index (χ1) is 12.2. The van der Waals surface area contributed by atoms with Crippen molar-refractivity contribution in [2.75, 3.05) is 18.4 Å². The summed E-state index contributed by atoms with van der Waals surface area (Å²) in [6.07, 6.45) is 0. The monoisotopic (exact) mass is 378 g/mol. The number of anilines is 1. The first-order valence-electron chi connectivity index (χ1n) is 8.39. The Balaban J connectivity index is 2.41. The summed E-state index contributed by atoms with van der Waals surface area (Å²) in [5.41, 5.74) is 1.66. The van der Waals surface area contributed by atoms with E-state index in [0.717, 1.165) is 5.56 Å². The van der Waals surface area contributed by atoms with Crippen LogP contribution in [0.3, 0.4) is 0 Å². The minimum Gasteiger partial charge on any atom is -0.319 e. The van der Waals surface area contributed by atoms with E-state index in [0.29, 0.717) is 18.7 Å². The van der Waals surface area contributed by atoms with Crippen LogP contribution in [0.2, 0.25) is 0 Å². The minimum absolute atomic E-state index is 0.0432. The topological polar surface area (TPSA) is 66.5 Å². The molecule has 2 aromatic rings. The first kappa shape index (κ1) is 20.1. The zero-order valence-electron chi connectivity index (χ0n) is 15.3. The molecule has 0 radical (unpaired) electrons. The van der Waals surface area contributed by atoms with Gasteiger partial charge in [-0.3, -0.25) is 4.79 Å². The summed E-state index contributed by atoms with van der Waals surface area (Å²) in [5, 5.41) is 2.52. The Bertz CT molecular complexity index is 922. The van der Waals surface area contributed by atoms with Crippen LogP contribution in [0.15, 0.2) is 41.3 Å². The molecule has 0 atom stereocenters. The zero-order valence-corrected chi connectivity index (χ0v) is 16.2. The highest BCUT2D eigenvalue weighted by molar-refractivity contribution is 7.89. The summed E-state index contributed by atoms with van der Waals surface area (Å²) < 4.78 is 40.6. The summed E-state index contributed by atoms with van der Waals surface area (Å²) in [4.78, 5) is 12.6. The van der Waals surface area contributed by atoms with E-state index >= 15 is 0 Å². The maximum atomic E-state index is 13.9. The number of nitrogens with zero attached hydrogens (tertiary/aromatic N) is 1. The number of rotatable bonds is 6.